The minimum absolute atomic E-state index is 0.0789. The van der Waals surface area contributed by atoms with Crippen LogP contribution < -0.4 is 9.64 Å². The van der Waals surface area contributed by atoms with Gasteiger partial charge in [-0.25, -0.2) is 4.79 Å². The quantitative estimate of drug-likeness (QED) is 0.471. The molecule has 7 heteroatoms. The first-order valence-electron chi connectivity index (χ1n) is 7.76. The Hall–Kier alpha value is -2.31. The highest BCUT2D eigenvalue weighted by atomic mass is 16.6. The average Bonchev–Trinajstić information content (AvgIpc) is 2.54. The summed E-state index contributed by atoms with van der Waals surface area (Å²) in [5.74, 6) is 0.292. The molecular weight excluding hydrogens is 300 g/mol. The van der Waals surface area contributed by atoms with E-state index in [1.165, 1.54) is 13.2 Å². The summed E-state index contributed by atoms with van der Waals surface area (Å²) in [5.41, 5.74) is 0.477. The fraction of sp³-hybridized carbons (Fsp3) is 0.562. The normalized spacial score (nSPS) is 15.3. The molecule has 23 heavy (non-hydrogen) atoms. The van der Waals surface area contributed by atoms with Gasteiger partial charge in [-0.2, -0.15) is 0 Å². The first-order chi connectivity index (χ1) is 11.0. The van der Waals surface area contributed by atoms with Crippen LogP contribution in [0.3, 0.4) is 0 Å². The molecule has 0 amide bonds. The molecule has 2 rings (SSSR count). The summed E-state index contributed by atoms with van der Waals surface area (Å²) >= 11 is 0. The number of piperidine rings is 1. The summed E-state index contributed by atoms with van der Waals surface area (Å²) < 4.78 is 10.2. The molecule has 1 aromatic carbocycles. The molecular formula is C16H22N2O5. The largest absolute Gasteiger partial charge is 0.496 e. The predicted octanol–water partition coefficient (Wildman–Crippen LogP) is 3.02. The summed E-state index contributed by atoms with van der Waals surface area (Å²) in [6.45, 7) is 5.56. The van der Waals surface area contributed by atoms with Crippen molar-refractivity contribution in [2.24, 2.45) is 5.92 Å². The van der Waals surface area contributed by atoms with Crippen LogP contribution in [0.4, 0.5) is 11.4 Å². The third-order valence-electron chi connectivity index (χ3n) is 4.11. The SMILES string of the molecule is CCOC(=O)c1cc([N+](=O)[O-])c(N2CCC(C)CC2)cc1OC. The van der Waals surface area contributed by atoms with E-state index in [1.807, 2.05) is 4.90 Å². The Morgan fingerprint density at radius 2 is 2.04 bits per heavy atom. The van der Waals surface area contributed by atoms with Crippen LogP contribution in [0.25, 0.3) is 0 Å². The number of nitro groups is 1. The van der Waals surface area contributed by atoms with Gasteiger partial charge in [0.15, 0.2) is 0 Å². The van der Waals surface area contributed by atoms with Gasteiger partial charge in [0.25, 0.3) is 5.69 Å². The number of carbonyl (C=O) groups excluding carboxylic acids is 1. The number of rotatable bonds is 5. The highest BCUT2D eigenvalue weighted by Crippen LogP contribution is 2.37. The second kappa shape index (κ2) is 7.30. The third kappa shape index (κ3) is 3.72. The molecule has 126 valence electrons. The number of carbonyl (C=O) groups is 1. The standard InChI is InChI=1S/C16H22N2O5/c1-4-23-16(19)12-9-14(18(20)21)13(10-15(12)22-3)17-7-5-11(2)6-8-17/h9-11H,4-8H2,1-3H3. The first kappa shape index (κ1) is 17.1. The van der Waals surface area contributed by atoms with E-state index in [-0.39, 0.29) is 17.9 Å². The van der Waals surface area contributed by atoms with Crippen LogP contribution in [-0.4, -0.2) is 37.7 Å². The van der Waals surface area contributed by atoms with Crippen LogP contribution >= 0.6 is 0 Å². The molecule has 0 radical (unpaired) electrons. The van der Waals surface area contributed by atoms with Crippen molar-refractivity contribution < 1.29 is 19.2 Å². The Labute approximate surface area is 135 Å². The number of methoxy groups -OCH3 is 1. The van der Waals surface area contributed by atoms with Crippen molar-refractivity contribution in [1.29, 1.82) is 0 Å². The maximum absolute atomic E-state index is 12.0. The Morgan fingerprint density at radius 1 is 1.39 bits per heavy atom. The van der Waals surface area contributed by atoms with Crippen molar-refractivity contribution in [3.63, 3.8) is 0 Å². The Balaban J connectivity index is 2.45. The molecule has 1 aromatic rings. The molecule has 1 aliphatic rings. The molecule has 0 spiro atoms. The van der Waals surface area contributed by atoms with Crippen molar-refractivity contribution in [1.82, 2.24) is 0 Å². The molecule has 1 saturated heterocycles. The molecule has 1 aliphatic heterocycles. The maximum atomic E-state index is 12.0. The molecule has 1 fully saturated rings. The van der Waals surface area contributed by atoms with E-state index in [2.05, 4.69) is 6.92 Å². The molecule has 0 aliphatic carbocycles. The van der Waals surface area contributed by atoms with Crippen LogP contribution in [0.5, 0.6) is 5.75 Å². The number of ether oxygens (including phenoxy) is 2. The molecule has 7 nitrogen and oxygen atoms in total. The second-order valence-electron chi connectivity index (χ2n) is 5.69. The molecule has 0 unspecified atom stereocenters. The van der Waals surface area contributed by atoms with Crippen molar-refractivity contribution >= 4 is 17.3 Å². The van der Waals surface area contributed by atoms with Crippen LogP contribution in [0.1, 0.15) is 37.0 Å². The number of hydrogen-bond donors (Lipinski definition) is 0. The van der Waals surface area contributed by atoms with E-state index in [1.54, 1.807) is 13.0 Å². The topological polar surface area (TPSA) is 81.9 Å². The number of nitrogens with zero attached hydrogens (tertiary/aromatic N) is 2. The lowest BCUT2D eigenvalue weighted by Crippen LogP contribution is -2.33. The highest BCUT2D eigenvalue weighted by molar-refractivity contribution is 5.95. The van der Waals surface area contributed by atoms with Crippen LogP contribution in [0.2, 0.25) is 0 Å². The fourth-order valence-electron chi connectivity index (χ4n) is 2.74. The third-order valence-corrected chi connectivity index (χ3v) is 4.11. The van der Waals surface area contributed by atoms with Crippen molar-refractivity contribution in [2.45, 2.75) is 26.7 Å². The minimum Gasteiger partial charge on any atom is -0.496 e. The van der Waals surface area contributed by atoms with E-state index < -0.39 is 10.9 Å². The number of nitro benzene ring substituents is 1. The minimum atomic E-state index is -0.619. The van der Waals surface area contributed by atoms with Crippen LogP contribution in [0.15, 0.2) is 12.1 Å². The van der Waals surface area contributed by atoms with Crippen LogP contribution in [0, 0.1) is 16.0 Å². The fourth-order valence-corrected chi connectivity index (χ4v) is 2.74. The second-order valence-corrected chi connectivity index (χ2v) is 5.69. The van der Waals surface area contributed by atoms with Crippen molar-refractivity contribution in [3.05, 3.63) is 27.8 Å². The predicted molar refractivity (Wildman–Crippen MR) is 86.2 cm³/mol. The van der Waals surface area contributed by atoms with Gasteiger partial charge in [-0.15, -0.1) is 0 Å². The van der Waals surface area contributed by atoms with Gasteiger partial charge in [0.1, 0.15) is 17.0 Å². The summed E-state index contributed by atoms with van der Waals surface area (Å²) in [7, 11) is 1.44. The molecule has 0 aromatic heterocycles. The monoisotopic (exact) mass is 322 g/mol. The summed E-state index contributed by atoms with van der Waals surface area (Å²) in [5, 5.41) is 11.4. The Bertz CT molecular complexity index is 594. The van der Waals surface area contributed by atoms with E-state index in [9.17, 15) is 14.9 Å². The molecule has 0 bridgehead atoms. The lowest BCUT2D eigenvalue weighted by atomic mass is 9.98. The van der Waals surface area contributed by atoms with E-state index in [0.29, 0.717) is 17.4 Å². The van der Waals surface area contributed by atoms with Crippen molar-refractivity contribution in [2.75, 3.05) is 31.7 Å². The zero-order valence-corrected chi connectivity index (χ0v) is 13.7. The lowest BCUT2D eigenvalue weighted by Gasteiger charge is -2.32. The van der Waals surface area contributed by atoms with E-state index >= 15 is 0 Å². The smallest absolute Gasteiger partial charge is 0.342 e. The van der Waals surface area contributed by atoms with Gasteiger partial charge < -0.3 is 14.4 Å². The van der Waals surface area contributed by atoms with Crippen molar-refractivity contribution in [3.8, 4) is 5.75 Å². The number of esters is 1. The zero-order chi connectivity index (χ0) is 17.0. The highest BCUT2D eigenvalue weighted by Gasteiger charge is 2.28. The van der Waals surface area contributed by atoms with Gasteiger partial charge in [0, 0.05) is 25.2 Å². The molecule has 0 saturated carbocycles. The summed E-state index contributed by atoms with van der Waals surface area (Å²) in [6.07, 6.45) is 1.97. The Morgan fingerprint density at radius 3 is 2.57 bits per heavy atom. The van der Waals surface area contributed by atoms with Gasteiger partial charge in [-0.1, -0.05) is 6.92 Å². The summed E-state index contributed by atoms with van der Waals surface area (Å²) in [4.78, 5) is 25.0. The lowest BCUT2D eigenvalue weighted by molar-refractivity contribution is -0.384. The van der Waals surface area contributed by atoms with Gasteiger partial charge in [-0.05, 0) is 25.7 Å². The van der Waals surface area contributed by atoms with E-state index in [4.69, 9.17) is 9.47 Å². The maximum Gasteiger partial charge on any atom is 0.342 e. The van der Waals surface area contributed by atoms with E-state index in [0.717, 1.165) is 25.9 Å². The van der Waals surface area contributed by atoms with Gasteiger partial charge in [0.05, 0.1) is 18.6 Å². The Kier molecular flexibility index (Phi) is 5.41. The molecule has 0 atom stereocenters. The summed E-state index contributed by atoms with van der Waals surface area (Å²) in [6, 6.07) is 2.82. The van der Waals surface area contributed by atoms with Crippen LogP contribution in [-0.2, 0) is 4.74 Å². The van der Waals surface area contributed by atoms with Gasteiger partial charge in [0.2, 0.25) is 0 Å². The molecule has 1 heterocycles. The first-order valence-corrected chi connectivity index (χ1v) is 7.76. The number of anilines is 1. The van der Waals surface area contributed by atoms with Gasteiger partial charge >= 0.3 is 5.97 Å². The zero-order valence-electron chi connectivity index (χ0n) is 13.7. The number of benzene rings is 1. The molecule has 0 N–H and O–H groups in total. The number of hydrogen-bond acceptors (Lipinski definition) is 6. The average molecular weight is 322 g/mol. The van der Waals surface area contributed by atoms with Gasteiger partial charge in [-0.3, -0.25) is 10.1 Å².